The Hall–Kier alpha value is -3.15. The molecule has 0 saturated heterocycles. The van der Waals surface area contributed by atoms with E-state index in [4.69, 9.17) is 0 Å². The summed E-state index contributed by atoms with van der Waals surface area (Å²) in [5, 5.41) is 5.52. The molecule has 0 radical (unpaired) electrons. The van der Waals surface area contributed by atoms with Gasteiger partial charge in [-0.15, -0.1) is 0 Å². The van der Waals surface area contributed by atoms with E-state index < -0.39 is 5.97 Å². The minimum absolute atomic E-state index is 0.0448. The third-order valence-corrected chi connectivity index (χ3v) is 3.39. The molecule has 2 N–H and O–H groups in total. The molecule has 0 spiro atoms. The number of carbonyl (C=O) groups is 3. The van der Waals surface area contributed by atoms with Gasteiger partial charge in [0.05, 0.1) is 12.7 Å². The highest BCUT2D eigenvalue weighted by Gasteiger charge is 2.11. The first-order valence-electron chi connectivity index (χ1n) is 7.81. The Morgan fingerprint density at radius 1 is 0.800 bits per heavy atom. The summed E-state index contributed by atoms with van der Waals surface area (Å²) in [6, 6.07) is 12.8. The van der Waals surface area contributed by atoms with Crippen LogP contribution in [-0.2, 0) is 4.74 Å². The average molecular weight is 340 g/mol. The van der Waals surface area contributed by atoms with Crippen LogP contribution in [0.2, 0.25) is 0 Å². The summed E-state index contributed by atoms with van der Waals surface area (Å²) in [7, 11) is 1.31. The Morgan fingerprint density at radius 2 is 1.28 bits per heavy atom. The maximum atomic E-state index is 12.2. The summed E-state index contributed by atoms with van der Waals surface area (Å²) in [6.07, 6.45) is 0. The van der Waals surface area contributed by atoms with Gasteiger partial charge in [0.15, 0.2) is 0 Å². The molecule has 0 atom stereocenters. The van der Waals surface area contributed by atoms with Crippen molar-refractivity contribution < 1.29 is 19.1 Å². The number of ether oxygens (including phenoxy) is 1. The van der Waals surface area contributed by atoms with E-state index in [0.29, 0.717) is 22.4 Å². The highest BCUT2D eigenvalue weighted by molar-refractivity contribution is 6.05. The molecular formula is C19H20N2O4. The van der Waals surface area contributed by atoms with E-state index in [1.54, 1.807) is 48.5 Å². The van der Waals surface area contributed by atoms with Gasteiger partial charge in [-0.05, 0) is 62.4 Å². The Bertz CT molecular complexity index is 765. The summed E-state index contributed by atoms with van der Waals surface area (Å²) < 4.78 is 4.62. The fourth-order valence-corrected chi connectivity index (χ4v) is 2.13. The molecule has 0 aliphatic carbocycles. The van der Waals surface area contributed by atoms with E-state index in [1.165, 1.54) is 7.11 Å². The first kappa shape index (κ1) is 18.2. The molecule has 6 heteroatoms. The number of hydrogen-bond donors (Lipinski definition) is 2. The quantitative estimate of drug-likeness (QED) is 0.820. The number of methoxy groups -OCH3 is 1. The predicted octanol–water partition coefficient (Wildman–Crippen LogP) is 2.86. The van der Waals surface area contributed by atoms with Gasteiger partial charge in [-0.1, -0.05) is 0 Å². The van der Waals surface area contributed by atoms with Gasteiger partial charge in [-0.25, -0.2) is 4.79 Å². The molecule has 0 fully saturated rings. The van der Waals surface area contributed by atoms with Crippen molar-refractivity contribution in [3.05, 3.63) is 65.2 Å². The summed E-state index contributed by atoms with van der Waals surface area (Å²) in [5.41, 5.74) is 1.88. The minimum Gasteiger partial charge on any atom is -0.465 e. The van der Waals surface area contributed by atoms with Crippen LogP contribution in [-0.4, -0.2) is 30.9 Å². The molecule has 2 amide bonds. The van der Waals surface area contributed by atoms with Gasteiger partial charge >= 0.3 is 5.97 Å². The molecule has 0 aliphatic heterocycles. The Kier molecular flexibility index (Phi) is 5.89. The highest BCUT2D eigenvalue weighted by Crippen LogP contribution is 2.13. The maximum absolute atomic E-state index is 12.2. The van der Waals surface area contributed by atoms with Crippen molar-refractivity contribution in [2.24, 2.45) is 0 Å². The van der Waals surface area contributed by atoms with Crippen molar-refractivity contribution in [2.75, 3.05) is 12.4 Å². The van der Waals surface area contributed by atoms with Crippen molar-refractivity contribution in [3.63, 3.8) is 0 Å². The zero-order chi connectivity index (χ0) is 18.4. The lowest BCUT2D eigenvalue weighted by molar-refractivity contribution is 0.0600. The molecule has 2 rings (SSSR count). The van der Waals surface area contributed by atoms with Gasteiger partial charge in [-0.3, -0.25) is 9.59 Å². The number of amides is 2. The van der Waals surface area contributed by atoms with Gasteiger partial charge in [0.25, 0.3) is 11.8 Å². The van der Waals surface area contributed by atoms with Crippen LogP contribution in [0.3, 0.4) is 0 Å². The molecule has 130 valence electrons. The van der Waals surface area contributed by atoms with Crippen LogP contribution < -0.4 is 10.6 Å². The van der Waals surface area contributed by atoms with Crippen LogP contribution in [0.1, 0.15) is 44.9 Å². The zero-order valence-electron chi connectivity index (χ0n) is 14.3. The van der Waals surface area contributed by atoms with Crippen LogP contribution >= 0.6 is 0 Å². The van der Waals surface area contributed by atoms with E-state index in [0.717, 1.165) is 0 Å². The fourth-order valence-electron chi connectivity index (χ4n) is 2.13. The van der Waals surface area contributed by atoms with Gasteiger partial charge in [0.1, 0.15) is 0 Å². The first-order valence-corrected chi connectivity index (χ1v) is 7.81. The number of carbonyl (C=O) groups excluding carboxylic acids is 3. The van der Waals surface area contributed by atoms with Crippen LogP contribution in [0.25, 0.3) is 0 Å². The van der Waals surface area contributed by atoms with E-state index in [1.807, 2.05) is 13.8 Å². The second kappa shape index (κ2) is 8.10. The van der Waals surface area contributed by atoms with Gasteiger partial charge < -0.3 is 15.4 Å². The summed E-state index contributed by atoms with van der Waals surface area (Å²) in [5.74, 6) is -0.921. The third kappa shape index (κ3) is 4.91. The number of benzene rings is 2. The van der Waals surface area contributed by atoms with E-state index in [2.05, 4.69) is 15.4 Å². The molecule has 0 heterocycles. The molecule has 2 aromatic rings. The predicted molar refractivity (Wildman–Crippen MR) is 94.8 cm³/mol. The number of esters is 1. The molecule has 0 aromatic heterocycles. The van der Waals surface area contributed by atoms with Crippen molar-refractivity contribution >= 4 is 23.5 Å². The second-order valence-corrected chi connectivity index (χ2v) is 5.73. The van der Waals surface area contributed by atoms with Crippen molar-refractivity contribution in [2.45, 2.75) is 19.9 Å². The second-order valence-electron chi connectivity index (χ2n) is 5.73. The Labute approximate surface area is 146 Å². The first-order chi connectivity index (χ1) is 11.9. The summed E-state index contributed by atoms with van der Waals surface area (Å²) >= 11 is 0. The molecule has 6 nitrogen and oxygen atoms in total. The zero-order valence-corrected chi connectivity index (χ0v) is 14.3. The standard InChI is InChI=1S/C19H20N2O4/c1-12(2)20-17(22)13-4-6-14(7-5-13)18(23)21-16-10-8-15(9-11-16)19(24)25-3/h4-12H,1-3H3,(H,20,22)(H,21,23). The molecule has 0 bridgehead atoms. The van der Waals surface area contributed by atoms with Crippen molar-refractivity contribution in [1.82, 2.24) is 5.32 Å². The van der Waals surface area contributed by atoms with Crippen LogP contribution in [0, 0.1) is 0 Å². The van der Waals surface area contributed by atoms with Gasteiger partial charge in [-0.2, -0.15) is 0 Å². The van der Waals surface area contributed by atoms with Gasteiger partial charge in [0, 0.05) is 22.9 Å². The monoisotopic (exact) mass is 340 g/mol. The lowest BCUT2D eigenvalue weighted by atomic mass is 10.1. The molecule has 0 unspecified atom stereocenters. The largest absolute Gasteiger partial charge is 0.465 e. The molecule has 2 aromatic carbocycles. The number of hydrogen-bond acceptors (Lipinski definition) is 4. The topological polar surface area (TPSA) is 84.5 Å². The summed E-state index contributed by atoms with van der Waals surface area (Å²) in [4.78, 5) is 35.5. The average Bonchev–Trinajstić information content (AvgIpc) is 2.61. The van der Waals surface area contributed by atoms with Crippen LogP contribution in [0.4, 0.5) is 5.69 Å². The van der Waals surface area contributed by atoms with E-state index in [9.17, 15) is 14.4 Å². The Balaban J connectivity index is 2.03. The van der Waals surface area contributed by atoms with Crippen LogP contribution in [0.15, 0.2) is 48.5 Å². The highest BCUT2D eigenvalue weighted by atomic mass is 16.5. The van der Waals surface area contributed by atoms with Crippen molar-refractivity contribution in [3.8, 4) is 0 Å². The number of anilines is 1. The molecule has 25 heavy (non-hydrogen) atoms. The number of rotatable bonds is 5. The Morgan fingerprint density at radius 3 is 1.76 bits per heavy atom. The lowest BCUT2D eigenvalue weighted by Gasteiger charge is -2.09. The minimum atomic E-state index is -0.437. The summed E-state index contributed by atoms with van der Waals surface area (Å²) in [6.45, 7) is 3.76. The number of nitrogens with one attached hydrogen (secondary N) is 2. The normalized spacial score (nSPS) is 10.2. The van der Waals surface area contributed by atoms with E-state index in [-0.39, 0.29) is 17.9 Å². The molecular weight excluding hydrogens is 320 g/mol. The van der Waals surface area contributed by atoms with Gasteiger partial charge in [0.2, 0.25) is 0 Å². The van der Waals surface area contributed by atoms with E-state index >= 15 is 0 Å². The maximum Gasteiger partial charge on any atom is 0.337 e. The smallest absolute Gasteiger partial charge is 0.337 e. The lowest BCUT2D eigenvalue weighted by Crippen LogP contribution is -2.30. The fraction of sp³-hybridized carbons (Fsp3) is 0.211. The molecule has 0 saturated carbocycles. The molecule has 0 aliphatic rings. The van der Waals surface area contributed by atoms with Crippen molar-refractivity contribution in [1.29, 1.82) is 0 Å². The third-order valence-electron chi connectivity index (χ3n) is 3.39. The van der Waals surface area contributed by atoms with Crippen LogP contribution in [0.5, 0.6) is 0 Å². The SMILES string of the molecule is COC(=O)c1ccc(NC(=O)c2ccc(C(=O)NC(C)C)cc2)cc1.